The lowest BCUT2D eigenvalue weighted by atomic mass is 9.70. The van der Waals surface area contributed by atoms with Gasteiger partial charge in [-0.05, 0) is 18.1 Å². The molecule has 1 atom stereocenters. The fraction of sp³-hybridized carbons (Fsp3) is 0.412. The van der Waals surface area contributed by atoms with Crippen LogP contribution in [0.5, 0.6) is 0 Å². The van der Waals surface area contributed by atoms with Crippen LogP contribution in [0.2, 0.25) is 0 Å². The summed E-state index contributed by atoms with van der Waals surface area (Å²) in [5, 5.41) is 0. The van der Waals surface area contributed by atoms with Crippen LogP contribution in [-0.2, 0) is 5.41 Å². The van der Waals surface area contributed by atoms with Gasteiger partial charge in [0, 0.05) is 31.1 Å². The van der Waals surface area contributed by atoms with E-state index in [1.54, 1.807) is 0 Å². The molecule has 1 unspecified atom stereocenters. The Bertz CT molecular complexity index is 458. The highest BCUT2D eigenvalue weighted by Crippen LogP contribution is 2.42. The van der Waals surface area contributed by atoms with Crippen molar-refractivity contribution in [3.63, 3.8) is 0 Å². The summed E-state index contributed by atoms with van der Waals surface area (Å²) >= 11 is 0. The largest absolute Gasteiger partial charge is 0.377 e. The van der Waals surface area contributed by atoms with Crippen molar-refractivity contribution in [1.82, 2.24) is 0 Å². The third kappa shape index (κ3) is 2.10. The molecule has 0 heterocycles. The lowest BCUT2D eigenvalue weighted by Gasteiger charge is -2.36. The maximum atomic E-state index is 2.38. The molecule has 2 rings (SSSR count). The van der Waals surface area contributed by atoms with Crippen LogP contribution in [0.15, 0.2) is 48.6 Å². The van der Waals surface area contributed by atoms with Crippen LogP contribution in [0.3, 0.4) is 0 Å². The summed E-state index contributed by atoms with van der Waals surface area (Å²) in [7, 11) is 4.24. The number of hydrogen-bond acceptors (Lipinski definition) is 1. The first-order valence-corrected chi connectivity index (χ1v) is 6.71. The second-order valence-electron chi connectivity index (χ2n) is 5.48. The van der Waals surface area contributed by atoms with Gasteiger partial charge in [0.1, 0.15) is 0 Å². The van der Waals surface area contributed by atoms with E-state index in [-0.39, 0.29) is 5.41 Å². The van der Waals surface area contributed by atoms with Crippen molar-refractivity contribution in [3.05, 3.63) is 54.1 Å². The van der Waals surface area contributed by atoms with Crippen LogP contribution >= 0.6 is 0 Å². The maximum Gasteiger partial charge on any atom is 0.0399 e. The molecule has 18 heavy (non-hydrogen) atoms. The summed E-state index contributed by atoms with van der Waals surface area (Å²) in [5.41, 5.74) is 2.94. The summed E-state index contributed by atoms with van der Waals surface area (Å²) in [6, 6.07) is 8.76. The minimum atomic E-state index is 0.171. The van der Waals surface area contributed by atoms with Crippen molar-refractivity contribution in [3.8, 4) is 0 Å². The van der Waals surface area contributed by atoms with Gasteiger partial charge in [-0.25, -0.2) is 0 Å². The van der Waals surface area contributed by atoms with Crippen molar-refractivity contribution in [2.45, 2.75) is 25.7 Å². The lowest BCUT2D eigenvalue weighted by molar-refractivity contribution is 0.390. The van der Waals surface area contributed by atoms with Gasteiger partial charge in [0.05, 0.1) is 0 Å². The molecule has 1 aromatic carbocycles. The molecule has 0 saturated heterocycles. The first-order chi connectivity index (χ1) is 8.59. The van der Waals surface area contributed by atoms with E-state index >= 15 is 0 Å². The van der Waals surface area contributed by atoms with Crippen LogP contribution < -0.4 is 4.90 Å². The van der Waals surface area contributed by atoms with Gasteiger partial charge in [-0.15, -0.1) is 0 Å². The number of rotatable bonds is 4. The minimum Gasteiger partial charge on any atom is -0.377 e. The first-order valence-electron chi connectivity index (χ1n) is 6.71. The minimum absolute atomic E-state index is 0.171. The van der Waals surface area contributed by atoms with Crippen LogP contribution in [0.4, 0.5) is 5.69 Å². The highest BCUT2D eigenvalue weighted by molar-refractivity contribution is 5.56. The zero-order chi connectivity index (χ0) is 13.2. The Morgan fingerprint density at radius 1 is 1.11 bits per heavy atom. The Balaban J connectivity index is 2.50. The molecule has 0 aliphatic heterocycles. The van der Waals surface area contributed by atoms with Gasteiger partial charge in [-0.1, -0.05) is 56.4 Å². The smallest absolute Gasteiger partial charge is 0.0399 e. The average Bonchev–Trinajstić information content (AvgIpc) is 2.92. The van der Waals surface area contributed by atoms with E-state index < -0.39 is 0 Å². The second-order valence-corrected chi connectivity index (χ2v) is 5.48. The van der Waals surface area contributed by atoms with E-state index in [0.717, 1.165) is 6.42 Å². The van der Waals surface area contributed by atoms with Gasteiger partial charge in [-0.2, -0.15) is 0 Å². The third-order valence-electron chi connectivity index (χ3n) is 4.22. The van der Waals surface area contributed by atoms with Gasteiger partial charge in [0.2, 0.25) is 0 Å². The summed E-state index contributed by atoms with van der Waals surface area (Å²) in [4.78, 5) is 2.21. The van der Waals surface area contributed by atoms with Crippen molar-refractivity contribution in [2.24, 2.45) is 5.92 Å². The summed E-state index contributed by atoms with van der Waals surface area (Å²) in [6.07, 6.45) is 10.1. The van der Waals surface area contributed by atoms with Gasteiger partial charge in [0.15, 0.2) is 0 Å². The number of nitrogens with zero attached hydrogens (tertiary/aromatic N) is 1. The monoisotopic (exact) mass is 241 g/mol. The highest BCUT2D eigenvalue weighted by atomic mass is 15.1. The Hall–Kier alpha value is -1.50. The predicted molar refractivity (Wildman–Crippen MR) is 80.2 cm³/mol. The molecule has 96 valence electrons. The van der Waals surface area contributed by atoms with Crippen LogP contribution in [0.1, 0.15) is 25.8 Å². The van der Waals surface area contributed by atoms with Crippen LogP contribution in [-0.4, -0.2) is 14.1 Å². The molecule has 0 bridgehead atoms. The molecule has 0 aromatic heterocycles. The van der Waals surface area contributed by atoms with Crippen molar-refractivity contribution in [1.29, 1.82) is 0 Å². The molecule has 0 radical (unpaired) electrons. The molecule has 1 aromatic rings. The van der Waals surface area contributed by atoms with Gasteiger partial charge < -0.3 is 4.90 Å². The van der Waals surface area contributed by atoms with Crippen molar-refractivity contribution in [2.75, 3.05) is 19.0 Å². The predicted octanol–water partition coefficient (Wildman–Crippen LogP) is 4.16. The fourth-order valence-electron chi connectivity index (χ4n) is 2.81. The number of allylic oxidation sites excluding steroid dienone is 4. The lowest BCUT2D eigenvalue weighted by Crippen LogP contribution is -2.30. The molecular weight excluding hydrogens is 218 g/mol. The number of benzene rings is 1. The molecule has 0 saturated carbocycles. The molecule has 0 fully saturated rings. The molecule has 1 heteroatoms. The summed E-state index contributed by atoms with van der Waals surface area (Å²) in [6.45, 7) is 4.66. The van der Waals surface area contributed by atoms with Crippen LogP contribution in [0, 0.1) is 5.92 Å². The Kier molecular flexibility index (Phi) is 3.60. The topological polar surface area (TPSA) is 3.24 Å². The van der Waals surface area contributed by atoms with Gasteiger partial charge >= 0.3 is 0 Å². The van der Waals surface area contributed by atoms with E-state index in [9.17, 15) is 0 Å². The quantitative estimate of drug-likeness (QED) is 0.765. The van der Waals surface area contributed by atoms with Crippen molar-refractivity contribution < 1.29 is 0 Å². The molecule has 0 N–H and O–H groups in total. The van der Waals surface area contributed by atoms with E-state index in [4.69, 9.17) is 0 Å². The van der Waals surface area contributed by atoms with E-state index in [2.05, 4.69) is 81.4 Å². The van der Waals surface area contributed by atoms with Gasteiger partial charge in [-0.3, -0.25) is 0 Å². The zero-order valence-corrected chi connectivity index (χ0v) is 11.9. The number of para-hydroxylation sites is 1. The number of anilines is 1. The van der Waals surface area contributed by atoms with Gasteiger partial charge in [0.25, 0.3) is 0 Å². The Labute approximate surface area is 111 Å². The molecule has 1 aliphatic carbocycles. The molecule has 1 nitrogen and oxygen atoms in total. The average molecular weight is 241 g/mol. The van der Waals surface area contributed by atoms with E-state index in [0.29, 0.717) is 5.92 Å². The van der Waals surface area contributed by atoms with E-state index in [1.165, 1.54) is 11.3 Å². The highest BCUT2D eigenvalue weighted by Gasteiger charge is 2.34. The normalized spacial score (nSPS) is 18.0. The fourth-order valence-corrected chi connectivity index (χ4v) is 2.81. The summed E-state index contributed by atoms with van der Waals surface area (Å²) in [5.74, 6) is 0.503. The Morgan fingerprint density at radius 2 is 1.72 bits per heavy atom. The van der Waals surface area contributed by atoms with Crippen molar-refractivity contribution >= 4 is 5.69 Å². The molecule has 0 amide bonds. The molecular formula is C17H23N. The van der Waals surface area contributed by atoms with Crippen LogP contribution in [0.25, 0.3) is 0 Å². The second kappa shape index (κ2) is 5.01. The summed E-state index contributed by atoms with van der Waals surface area (Å²) < 4.78 is 0. The standard InChI is InChI=1S/C17H23N/c1-5-17(2,14-10-6-7-11-14)15-12-8-9-13-16(15)18(3)4/h6-14H,5H2,1-4H3. The first kappa shape index (κ1) is 12.9. The number of hydrogen-bond donors (Lipinski definition) is 0. The SMILES string of the molecule is CCC(C)(c1ccccc1N(C)C)C1C=CC=C1. The zero-order valence-electron chi connectivity index (χ0n) is 11.9. The molecule has 0 spiro atoms. The Morgan fingerprint density at radius 3 is 2.28 bits per heavy atom. The third-order valence-corrected chi connectivity index (χ3v) is 4.22. The van der Waals surface area contributed by atoms with E-state index in [1.807, 2.05) is 0 Å². The molecule has 1 aliphatic rings. The maximum absolute atomic E-state index is 2.38.